The Hall–Kier alpha value is -1.01. The van der Waals surface area contributed by atoms with Gasteiger partial charge in [-0.1, -0.05) is 11.6 Å². The minimum Gasteiger partial charge on any atom is -0.486 e. The molecule has 0 aliphatic carbocycles. The first kappa shape index (κ1) is 14.9. The fourth-order valence-corrected chi connectivity index (χ4v) is 3.01. The third kappa shape index (κ3) is 3.61. The van der Waals surface area contributed by atoms with Gasteiger partial charge in [0.2, 0.25) is 0 Å². The monoisotopic (exact) mass is 312 g/mol. The molecule has 1 atom stereocenters. The predicted molar refractivity (Wildman–Crippen MR) is 81.3 cm³/mol. The highest BCUT2D eigenvalue weighted by molar-refractivity contribution is 6.31. The lowest BCUT2D eigenvalue weighted by atomic mass is 10.0. The van der Waals surface area contributed by atoms with Crippen LogP contribution in [0.3, 0.4) is 0 Å². The summed E-state index contributed by atoms with van der Waals surface area (Å²) in [5.41, 5.74) is 0.719. The Balaban J connectivity index is 1.64. The molecule has 1 saturated heterocycles. The predicted octanol–water partition coefficient (Wildman–Crippen LogP) is 1.44. The van der Waals surface area contributed by atoms with Gasteiger partial charge in [-0.25, -0.2) is 0 Å². The van der Waals surface area contributed by atoms with Crippen LogP contribution in [0.25, 0.3) is 0 Å². The number of nitrogens with one attached hydrogen (secondary N) is 1. The second kappa shape index (κ2) is 6.83. The van der Waals surface area contributed by atoms with Crippen LogP contribution in [0.5, 0.6) is 11.5 Å². The molecule has 2 aliphatic rings. The number of hydrogen-bond acceptors (Lipinski definition) is 5. The van der Waals surface area contributed by atoms with Gasteiger partial charge in [0.25, 0.3) is 0 Å². The fraction of sp³-hybridized carbons (Fsp3) is 0.600. The zero-order valence-electron chi connectivity index (χ0n) is 12.0. The van der Waals surface area contributed by atoms with Crippen molar-refractivity contribution in [1.29, 1.82) is 0 Å². The molecule has 21 heavy (non-hydrogen) atoms. The maximum absolute atomic E-state index is 10.4. The number of fused-ring (bicyclic) bond motifs is 1. The van der Waals surface area contributed by atoms with Gasteiger partial charge in [0.15, 0.2) is 11.5 Å². The van der Waals surface area contributed by atoms with Crippen LogP contribution in [0.4, 0.5) is 0 Å². The van der Waals surface area contributed by atoms with E-state index in [1.807, 2.05) is 0 Å². The molecule has 2 N–H and O–H groups in total. The summed E-state index contributed by atoms with van der Waals surface area (Å²) in [5, 5.41) is 14.3. The zero-order chi connectivity index (χ0) is 14.7. The van der Waals surface area contributed by atoms with E-state index < -0.39 is 6.10 Å². The summed E-state index contributed by atoms with van der Waals surface area (Å²) >= 11 is 6.26. The van der Waals surface area contributed by atoms with E-state index in [0.717, 1.165) is 38.3 Å². The molecule has 0 radical (unpaired) electrons. The Morgan fingerprint density at radius 2 is 1.86 bits per heavy atom. The molecule has 2 aliphatic heterocycles. The van der Waals surface area contributed by atoms with Gasteiger partial charge < -0.3 is 24.8 Å². The summed E-state index contributed by atoms with van der Waals surface area (Å²) in [5.74, 6) is 1.33. The maximum Gasteiger partial charge on any atom is 0.162 e. The smallest absolute Gasteiger partial charge is 0.162 e. The Bertz CT molecular complexity index is 492. The summed E-state index contributed by atoms with van der Waals surface area (Å²) in [6.45, 7) is 6.03. The van der Waals surface area contributed by atoms with Gasteiger partial charge in [-0.05, 0) is 12.5 Å². The van der Waals surface area contributed by atoms with E-state index in [4.69, 9.17) is 21.1 Å². The van der Waals surface area contributed by atoms with Crippen molar-refractivity contribution in [3.8, 4) is 11.5 Å². The van der Waals surface area contributed by atoms with E-state index in [9.17, 15) is 5.11 Å². The number of aliphatic hydroxyl groups is 1. The normalized spacial score (nSPS) is 20.3. The first-order chi connectivity index (χ1) is 10.2. The first-order valence-corrected chi connectivity index (χ1v) is 7.82. The van der Waals surface area contributed by atoms with E-state index in [2.05, 4.69) is 10.2 Å². The van der Waals surface area contributed by atoms with Crippen LogP contribution in [0, 0.1) is 0 Å². The van der Waals surface area contributed by atoms with Crippen molar-refractivity contribution in [2.75, 3.05) is 45.9 Å². The summed E-state index contributed by atoms with van der Waals surface area (Å²) in [6, 6.07) is 3.54. The molecule has 2 heterocycles. The van der Waals surface area contributed by atoms with Crippen molar-refractivity contribution in [2.24, 2.45) is 0 Å². The van der Waals surface area contributed by atoms with Gasteiger partial charge in [-0.3, -0.25) is 0 Å². The Morgan fingerprint density at radius 3 is 2.57 bits per heavy atom. The van der Waals surface area contributed by atoms with Crippen LogP contribution in [-0.2, 0) is 0 Å². The van der Waals surface area contributed by atoms with Crippen LogP contribution < -0.4 is 14.8 Å². The lowest BCUT2D eigenvalue weighted by Crippen LogP contribution is -2.44. The number of piperazine rings is 1. The molecule has 1 fully saturated rings. The molecule has 0 saturated carbocycles. The van der Waals surface area contributed by atoms with Gasteiger partial charge in [-0.2, -0.15) is 0 Å². The Kier molecular flexibility index (Phi) is 4.85. The molecule has 5 nitrogen and oxygen atoms in total. The van der Waals surface area contributed by atoms with Gasteiger partial charge >= 0.3 is 0 Å². The van der Waals surface area contributed by atoms with Crippen LogP contribution in [0.15, 0.2) is 12.1 Å². The van der Waals surface area contributed by atoms with E-state index in [0.29, 0.717) is 36.2 Å². The molecule has 3 rings (SSSR count). The molecule has 1 unspecified atom stereocenters. The zero-order valence-corrected chi connectivity index (χ0v) is 12.7. The van der Waals surface area contributed by atoms with Gasteiger partial charge in [0, 0.05) is 44.4 Å². The van der Waals surface area contributed by atoms with E-state index >= 15 is 0 Å². The highest BCUT2D eigenvalue weighted by Crippen LogP contribution is 2.38. The molecular weight excluding hydrogens is 292 g/mol. The number of nitrogens with zero attached hydrogens (tertiary/aromatic N) is 1. The van der Waals surface area contributed by atoms with Crippen LogP contribution >= 0.6 is 11.6 Å². The molecule has 0 amide bonds. The number of rotatable bonds is 4. The summed E-state index contributed by atoms with van der Waals surface area (Å²) in [4.78, 5) is 2.35. The van der Waals surface area contributed by atoms with Gasteiger partial charge in [0.1, 0.15) is 13.2 Å². The molecule has 0 bridgehead atoms. The fourth-order valence-electron chi connectivity index (χ4n) is 2.73. The van der Waals surface area contributed by atoms with Crippen LogP contribution in [0.1, 0.15) is 18.1 Å². The third-order valence-corrected chi connectivity index (χ3v) is 4.28. The molecule has 0 aromatic heterocycles. The molecule has 6 heteroatoms. The molecule has 0 spiro atoms. The van der Waals surface area contributed by atoms with Crippen molar-refractivity contribution >= 4 is 11.6 Å². The summed E-state index contributed by atoms with van der Waals surface area (Å²) < 4.78 is 11.0. The molecule has 116 valence electrons. The van der Waals surface area contributed by atoms with Gasteiger partial charge in [0.05, 0.1) is 11.1 Å². The average Bonchev–Trinajstić information content (AvgIpc) is 2.53. The summed E-state index contributed by atoms with van der Waals surface area (Å²) in [6.07, 6.45) is 0.0857. The number of benzene rings is 1. The third-order valence-electron chi connectivity index (χ3n) is 3.95. The van der Waals surface area contributed by atoms with Crippen molar-refractivity contribution in [1.82, 2.24) is 10.2 Å². The lowest BCUT2D eigenvalue weighted by molar-refractivity contribution is 0.135. The number of aliphatic hydroxyl groups excluding tert-OH is 1. The van der Waals surface area contributed by atoms with Crippen molar-refractivity contribution < 1.29 is 14.6 Å². The highest BCUT2D eigenvalue weighted by Gasteiger charge is 2.20. The number of ether oxygens (including phenoxy) is 2. The summed E-state index contributed by atoms with van der Waals surface area (Å²) in [7, 11) is 0. The van der Waals surface area contributed by atoms with Gasteiger partial charge in [-0.15, -0.1) is 0 Å². The second-order valence-corrected chi connectivity index (χ2v) is 5.82. The quantitative estimate of drug-likeness (QED) is 0.881. The second-order valence-electron chi connectivity index (χ2n) is 5.41. The average molecular weight is 313 g/mol. The standard InChI is InChI=1S/C15H21ClN2O3/c16-12-10-15-14(20-7-8-21-15)9-11(12)13(19)1-4-18-5-2-17-3-6-18/h9-10,13,17,19H,1-8H2. The lowest BCUT2D eigenvalue weighted by Gasteiger charge is -2.28. The first-order valence-electron chi connectivity index (χ1n) is 7.44. The van der Waals surface area contributed by atoms with E-state index in [-0.39, 0.29) is 0 Å². The minimum atomic E-state index is -0.580. The van der Waals surface area contributed by atoms with Crippen LogP contribution in [-0.4, -0.2) is 55.9 Å². The molecular formula is C15H21ClN2O3. The SMILES string of the molecule is OC(CCN1CCNCC1)c1cc2c(cc1Cl)OCCO2. The van der Waals surface area contributed by atoms with Crippen molar-refractivity contribution in [2.45, 2.75) is 12.5 Å². The molecule has 1 aromatic carbocycles. The minimum absolute atomic E-state index is 0.533. The van der Waals surface area contributed by atoms with E-state index in [1.54, 1.807) is 12.1 Å². The Morgan fingerprint density at radius 1 is 1.19 bits per heavy atom. The van der Waals surface area contributed by atoms with E-state index in [1.165, 1.54) is 0 Å². The Labute approximate surface area is 129 Å². The number of hydrogen-bond donors (Lipinski definition) is 2. The maximum atomic E-state index is 10.4. The highest BCUT2D eigenvalue weighted by atomic mass is 35.5. The largest absolute Gasteiger partial charge is 0.486 e. The number of halogens is 1. The topological polar surface area (TPSA) is 54.0 Å². The van der Waals surface area contributed by atoms with Crippen molar-refractivity contribution in [3.05, 3.63) is 22.7 Å². The van der Waals surface area contributed by atoms with Crippen molar-refractivity contribution in [3.63, 3.8) is 0 Å². The van der Waals surface area contributed by atoms with Crippen LogP contribution in [0.2, 0.25) is 5.02 Å². The molecule has 1 aromatic rings.